The van der Waals surface area contributed by atoms with Gasteiger partial charge in [0.25, 0.3) is 5.88 Å². The number of halogens is 2. The molecule has 28 heavy (non-hydrogen) atoms. The van der Waals surface area contributed by atoms with E-state index in [-0.39, 0.29) is 5.92 Å². The minimum absolute atomic E-state index is 0.0898. The zero-order valence-electron chi connectivity index (χ0n) is 16.0. The lowest BCUT2D eigenvalue weighted by Gasteiger charge is -2.22. The molecule has 0 saturated carbocycles. The Morgan fingerprint density at radius 2 is 1.96 bits per heavy atom. The van der Waals surface area contributed by atoms with E-state index in [0.717, 1.165) is 31.4 Å². The molecule has 2 saturated heterocycles. The van der Waals surface area contributed by atoms with Crippen molar-refractivity contribution in [2.45, 2.75) is 38.7 Å². The van der Waals surface area contributed by atoms with Crippen LogP contribution in [0.2, 0.25) is 0 Å². The Bertz CT molecular complexity index is 884. The predicted octanol–water partition coefficient (Wildman–Crippen LogP) is 4.08. The van der Waals surface area contributed by atoms with Gasteiger partial charge in [-0.05, 0) is 37.4 Å². The van der Waals surface area contributed by atoms with E-state index in [1.807, 2.05) is 13.8 Å². The molecule has 1 aromatic heterocycles. The molecule has 148 valence electrons. The van der Waals surface area contributed by atoms with Crippen LogP contribution < -0.4 is 4.74 Å². The lowest BCUT2D eigenvalue weighted by Crippen LogP contribution is -2.25. The van der Waals surface area contributed by atoms with E-state index < -0.39 is 17.7 Å². The van der Waals surface area contributed by atoms with Crippen molar-refractivity contribution >= 4 is 11.7 Å². The molecule has 2 fully saturated rings. The first kappa shape index (κ1) is 19.3. The van der Waals surface area contributed by atoms with Crippen molar-refractivity contribution in [2.75, 3.05) is 19.6 Å². The Hall–Kier alpha value is -2.04. The summed E-state index contributed by atoms with van der Waals surface area (Å²) in [5, 5.41) is 0. The second-order valence-electron chi connectivity index (χ2n) is 7.93. The number of fused-ring (bicyclic) bond motifs is 2. The molecule has 4 rings (SSSR count). The van der Waals surface area contributed by atoms with Gasteiger partial charge in [0.05, 0.1) is 11.7 Å². The van der Waals surface area contributed by atoms with Crippen LogP contribution in [0, 0.1) is 35.3 Å². The molecular weight excluding hydrogens is 380 g/mol. The summed E-state index contributed by atoms with van der Waals surface area (Å²) in [7, 11) is 0. The lowest BCUT2D eigenvalue weighted by molar-refractivity contribution is 0.196. The molecule has 4 nitrogen and oxygen atoms in total. The third kappa shape index (κ3) is 4.18. The highest BCUT2D eigenvalue weighted by molar-refractivity contribution is 6.99. The van der Waals surface area contributed by atoms with Crippen LogP contribution in [0.3, 0.4) is 0 Å². The maximum Gasteiger partial charge on any atom is 0.250 e. The van der Waals surface area contributed by atoms with E-state index >= 15 is 0 Å². The number of piperidine rings is 1. The fourth-order valence-electron chi connectivity index (χ4n) is 4.05. The smallest absolute Gasteiger partial charge is 0.250 e. The second kappa shape index (κ2) is 8.14. The summed E-state index contributed by atoms with van der Waals surface area (Å²) < 4.78 is 41.9. The molecule has 3 heterocycles. The van der Waals surface area contributed by atoms with Crippen molar-refractivity contribution in [1.82, 2.24) is 13.6 Å². The van der Waals surface area contributed by atoms with Crippen LogP contribution in [0.25, 0.3) is 0 Å². The molecule has 0 N–H and O–H groups in total. The monoisotopic (exact) mass is 403 g/mol. The summed E-state index contributed by atoms with van der Waals surface area (Å²) in [5.41, 5.74) is 1.23. The summed E-state index contributed by atoms with van der Waals surface area (Å²) in [5.74, 6) is 6.19. The number of rotatable bonds is 4. The van der Waals surface area contributed by atoms with E-state index in [1.165, 1.54) is 36.7 Å². The molecule has 0 spiro atoms. The van der Waals surface area contributed by atoms with Crippen molar-refractivity contribution < 1.29 is 13.5 Å². The molecule has 0 amide bonds. The van der Waals surface area contributed by atoms with Crippen LogP contribution >= 0.6 is 11.7 Å². The van der Waals surface area contributed by atoms with Crippen LogP contribution in [0.1, 0.15) is 43.9 Å². The number of hydrogen-bond acceptors (Lipinski definition) is 5. The zero-order chi connectivity index (χ0) is 19.7. The summed E-state index contributed by atoms with van der Waals surface area (Å²) >= 11 is 1.17. The molecule has 2 aliphatic heterocycles. The van der Waals surface area contributed by atoms with Gasteiger partial charge in [-0.25, -0.2) is 8.78 Å². The van der Waals surface area contributed by atoms with Crippen LogP contribution in [0.5, 0.6) is 5.88 Å². The van der Waals surface area contributed by atoms with E-state index in [1.54, 1.807) is 0 Å². The Morgan fingerprint density at radius 1 is 1.18 bits per heavy atom. The topological polar surface area (TPSA) is 38.3 Å². The first-order valence-electron chi connectivity index (χ1n) is 9.68. The van der Waals surface area contributed by atoms with Crippen LogP contribution in [-0.4, -0.2) is 39.4 Å². The van der Waals surface area contributed by atoms with Crippen LogP contribution in [0.15, 0.2) is 18.2 Å². The summed E-state index contributed by atoms with van der Waals surface area (Å²) in [6.45, 7) is 7.29. The largest absolute Gasteiger partial charge is 0.459 e. The van der Waals surface area contributed by atoms with Gasteiger partial charge >= 0.3 is 0 Å². The number of nitrogens with zero attached hydrogens (tertiary/aromatic N) is 3. The van der Waals surface area contributed by atoms with Gasteiger partial charge < -0.3 is 9.64 Å². The van der Waals surface area contributed by atoms with Crippen LogP contribution in [0.4, 0.5) is 8.78 Å². The maximum absolute atomic E-state index is 13.4. The predicted molar refractivity (Wildman–Crippen MR) is 104 cm³/mol. The van der Waals surface area contributed by atoms with Crippen molar-refractivity contribution in [3.8, 4) is 17.7 Å². The minimum atomic E-state index is -0.639. The molecule has 0 aliphatic carbocycles. The van der Waals surface area contributed by atoms with E-state index in [9.17, 15) is 8.78 Å². The average molecular weight is 403 g/mol. The molecule has 4 atom stereocenters. The van der Waals surface area contributed by atoms with Crippen molar-refractivity contribution in [3.05, 3.63) is 41.1 Å². The molecule has 2 aliphatic rings. The Morgan fingerprint density at radius 3 is 2.68 bits per heavy atom. The molecule has 7 heteroatoms. The number of hydrogen-bond donors (Lipinski definition) is 0. The van der Waals surface area contributed by atoms with Gasteiger partial charge in [0.2, 0.25) is 0 Å². The number of aromatic nitrogens is 2. The van der Waals surface area contributed by atoms with Gasteiger partial charge in [-0.3, -0.25) is 0 Å². The van der Waals surface area contributed by atoms with Gasteiger partial charge in [0, 0.05) is 36.6 Å². The Balaban J connectivity index is 1.54. The van der Waals surface area contributed by atoms with E-state index in [2.05, 4.69) is 25.5 Å². The SMILES string of the molecule is CC(C)[C@H](C#Cc1cc(F)cc(F)c1)Oc1nsnc1[C@H]1CN2CCC[C@H]1C2. The zero-order valence-corrected chi connectivity index (χ0v) is 16.8. The fraction of sp³-hybridized carbons (Fsp3) is 0.524. The summed E-state index contributed by atoms with van der Waals surface area (Å²) in [4.78, 5) is 2.49. The standard InChI is InChI=1S/C21H23F2N3OS/c1-13(2)19(6-5-14-8-16(22)10-17(23)9-14)27-21-20(24-28-25-21)18-12-26-7-3-4-15(18)11-26/h8-10,13,15,18-19H,3-4,7,11-12H2,1-2H3/t15-,18-,19-/m0/s1. The van der Waals surface area contributed by atoms with Gasteiger partial charge in [0.1, 0.15) is 17.3 Å². The van der Waals surface area contributed by atoms with Crippen molar-refractivity contribution in [3.63, 3.8) is 0 Å². The van der Waals surface area contributed by atoms with Crippen molar-refractivity contribution in [1.29, 1.82) is 0 Å². The number of ether oxygens (including phenoxy) is 1. The van der Waals surface area contributed by atoms with E-state index in [4.69, 9.17) is 4.74 Å². The van der Waals surface area contributed by atoms with Crippen LogP contribution in [-0.2, 0) is 0 Å². The normalized spacial score (nSPS) is 24.7. The van der Waals surface area contributed by atoms with Gasteiger partial charge in [-0.1, -0.05) is 25.7 Å². The maximum atomic E-state index is 13.4. The van der Waals surface area contributed by atoms with Crippen molar-refractivity contribution in [2.24, 2.45) is 11.8 Å². The highest BCUT2D eigenvalue weighted by Crippen LogP contribution is 2.41. The molecule has 1 aromatic carbocycles. The summed E-state index contributed by atoms with van der Waals surface area (Å²) in [6.07, 6.45) is 2.02. The third-order valence-electron chi connectivity index (χ3n) is 5.46. The first-order chi connectivity index (χ1) is 13.5. The highest BCUT2D eigenvalue weighted by atomic mass is 32.1. The lowest BCUT2D eigenvalue weighted by atomic mass is 9.89. The first-order valence-corrected chi connectivity index (χ1v) is 10.4. The van der Waals surface area contributed by atoms with E-state index in [0.29, 0.717) is 23.3 Å². The quantitative estimate of drug-likeness (QED) is 0.721. The molecule has 0 radical (unpaired) electrons. The molecule has 1 unspecified atom stereocenters. The molecule has 2 aromatic rings. The highest BCUT2D eigenvalue weighted by Gasteiger charge is 2.39. The minimum Gasteiger partial charge on any atom is -0.459 e. The average Bonchev–Trinajstić information content (AvgIpc) is 3.21. The molecular formula is C21H23F2N3OS. The van der Waals surface area contributed by atoms with Gasteiger partial charge in [-0.2, -0.15) is 4.37 Å². The number of benzene rings is 1. The third-order valence-corrected chi connectivity index (χ3v) is 5.99. The molecule has 2 bridgehead atoms. The summed E-state index contributed by atoms with van der Waals surface area (Å²) in [6, 6.07) is 3.27. The Labute approximate surface area is 168 Å². The fourth-order valence-corrected chi connectivity index (χ4v) is 4.60. The second-order valence-corrected chi connectivity index (χ2v) is 8.46. The van der Waals surface area contributed by atoms with Gasteiger partial charge in [-0.15, -0.1) is 4.37 Å². The van der Waals surface area contributed by atoms with Gasteiger partial charge in [0.15, 0.2) is 6.10 Å². The Kier molecular flexibility index (Phi) is 5.61.